The number of nitrogen functional groups attached to an aromatic ring is 1. The van der Waals surface area contributed by atoms with Gasteiger partial charge in [-0.1, -0.05) is 48.0 Å². The average Bonchev–Trinajstić information content (AvgIpc) is 3.55. The Labute approximate surface area is 216 Å². The van der Waals surface area contributed by atoms with Gasteiger partial charge in [-0.25, -0.2) is 9.97 Å². The average molecular weight is 496 g/mol. The first kappa shape index (κ1) is 22.9. The maximum Gasteiger partial charge on any atom is 0.145 e. The normalized spacial score (nSPS) is 17.7. The summed E-state index contributed by atoms with van der Waals surface area (Å²) in [5, 5.41) is 7.83. The summed E-state index contributed by atoms with van der Waals surface area (Å²) < 4.78 is 2.31. The summed E-state index contributed by atoms with van der Waals surface area (Å²) in [6.45, 7) is 0.778. The van der Waals surface area contributed by atoms with Crippen LogP contribution in [0.5, 0.6) is 0 Å². The molecule has 3 N–H and O–H groups in total. The lowest BCUT2D eigenvalue weighted by atomic mass is 9.96. The van der Waals surface area contributed by atoms with Gasteiger partial charge in [0.15, 0.2) is 0 Å². The third kappa shape index (κ3) is 4.76. The molecule has 1 saturated carbocycles. The van der Waals surface area contributed by atoms with E-state index in [9.17, 15) is 0 Å². The van der Waals surface area contributed by atoms with Crippen LogP contribution in [-0.2, 0) is 13.0 Å². The van der Waals surface area contributed by atoms with Crippen LogP contribution in [0.2, 0.25) is 5.02 Å². The first-order valence-corrected chi connectivity index (χ1v) is 13.1. The van der Waals surface area contributed by atoms with Gasteiger partial charge in [0, 0.05) is 29.5 Å². The SMILES string of the molecule is Nc1ncnc2c1ccn2[C@H]1CC[C@@H](CCc2ccc3ccc(NCc4ccc(Cl)cc4)cc3c2)C1. The molecule has 5 aromatic rings. The summed E-state index contributed by atoms with van der Waals surface area (Å²) in [5.74, 6) is 1.29. The van der Waals surface area contributed by atoms with Crippen molar-refractivity contribution in [2.75, 3.05) is 11.1 Å². The van der Waals surface area contributed by atoms with Gasteiger partial charge in [0.2, 0.25) is 0 Å². The van der Waals surface area contributed by atoms with Gasteiger partial charge in [-0.2, -0.15) is 0 Å². The number of aromatic nitrogens is 3. The molecule has 182 valence electrons. The van der Waals surface area contributed by atoms with E-state index in [1.54, 1.807) is 6.33 Å². The Hall–Kier alpha value is -3.57. The minimum atomic E-state index is 0.493. The molecular formula is C30H30ClN5. The Morgan fingerprint density at radius 1 is 0.917 bits per heavy atom. The van der Waals surface area contributed by atoms with Gasteiger partial charge in [0.1, 0.15) is 17.8 Å². The zero-order valence-electron chi connectivity index (χ0n) is 20.2. The molecule has 0 radical (unpaired) electrons. The molecule has 2 aromatic heterocycles. The van der Waals surface area contributed by atoms with Crippen molar-refractivity contribution in [3.63, 3.8) is 0 Å². The van der Waals surface area contributed by atoms with E-state index in [-0.39, 0.29) is 0 Å². The number of rotatable bonds is 7. The van der Waals surface area contributed by atoms with Crippen LogP contribution in [0.3, 0.4) is 0 Å². The smallest absolute Gasteiger partial charge is 0.145 e. The summed E-state index contributed by atoms with van der Waals surface area (Å²) in [7, 11) is 0. The minimum absolute atomic E-state index is 0.493. The third-order valence-electron chi connectivity index (χ3n) is 7.60. The molecule has 0 spiro atoms. The molecular weight excluding hydrogens is 466 g/mol. The van der Waals surface area contributed by atoms with Crippen molar-refractivity contribution < 1.29 is 0 Å². The van der Waals surface area contributed by atoms with E-state index in [0.717, 1.165) is 40.6 Å². The molecule has 0 saturated heterocycles. The van der Waals surface area contributed by atoms with Crippen molar-refractivity contribution in [2.24, 2.45) is 5.92 Å². The lowest BCUT2D eigenvalue weighted by Crippen LogP contribution is -2.06. The highest BCUT2D eigenvalue weighted by Gasteiger charge is 2.27. The van der Waals surface area contributed by atoms with Gasteiger partial charge in [-0.3, -0.25) is 0 Å². The summed E-state index contributed by atoms with van der Waals surface area (Å²) in [6.07, 6.45) is 9.67. The minimum Gasteiger partial charge on any atom is -0.383 e. The Morgan fingerprint density at radius 3 is 2.64 bits per heavy atom. The Balaban J connectivity index is 1.09. The zero-order chi connectivity index (χ0) is 24.5. The van der Waals surface area contributed by atoms with Gasteiger partial charge < -0.3 is 15.6 Å². The van der Waals surface area contributed by atoms with Crippen LogP contribution >= 0.6 is 11.6 Å². The first-order valence-electron chi connectivity index (χ1n) is 12.7. The van der Waals surface area contributed by atoms with E-state index in [2.05, 4.69) is 74.6 Å². The molecule has 1 aliphatic carbocycles. The lowest BCUT2D eigenvalue weighted by molar-refractivity contribution is 0.461. The fraction of sp³-hybridized carbons (Fsp3) is 0.267. The topological polar surface area (TPSA) is 68.8 Å². The Morgan fingerprint density at radius 2 is 1.75 bits per heavy atom. The highest BCUT2D eigenvalue weighted by atomic mass is 35.5. The summed E-state index contributed by atoms with van der Waals surface area (Å²) in [6, 6.07) is 24.0. The molecule has 1 aliphatic rings. The number of hydrogen-bond donors (Lipinski definition) is 2. The van der Waals surface area contributed by atoms with Crippen LogP contribution in [-0.4, -0.2) is 14.5 Å². The monoisotopic (exact) mass is 495 g/mol. The first-order chi connectivity index (χ1) is 17.6. The van der Waals surface area contributed by atoms with Crippen LogP contribution in [0.25, 0.3) is 21.8 Å². The van der Waals surface area contributed by atoms with Gasteiger partial charge >= 0.3 is 0 Å². The van der Waals surface area contributed by atoms with Crippen LogP contribution in [0.1, 0.15) is 42.9 Å². The van der Waals surface area contributed by atoms with E-state index in [1.807, 2.05) is 18.2 Å². The predicted molar refractivity (Wildman–Crippen MR) is 149 cm³/mol. The molecule has 1 fully saturated rings. The second-order valence-corrected chi connectivity index (χ2v) is 10.4. The van der Waals surface area contributed by atoms with Crippen molar-refractivity contribution in [1.82, 2.24) is 14.5 Å². The van der Waals surface area contributed by atoms with E-state index < -0.39 is 0 Å². The van der Waals surface area contributed by atoms with Gasteiger partial charge in [0.05, 0.1) is 5.39 Å². The number of benzene rings is 3. The van der Waals surface area contributed by atoms with Crippen LogP contribution in [0, 0.1) is 5.92 Å². The van der Waals surface area contributed by atoms with E-state index in [0.29, 0.717) is 11.9 Å². The molecule has 0 unspecified atom stereocenters. The summed E-state index contributed by atoms with van der Waals surface area (Å²) in [4.78, 5) is 8.62. The zero-order valence-corrected chi connectivity index (χ0v) is 21.0. The lowest BCUT2D eigenvalue weighted by Gasteiger charge is -2.15. The molecule has 5 nitrogen and oxygen atoms in total. The maximum absolute atomic E-state index is 6.03. The molecule has 2 heterocycles. The highest BCUT2D eigenvalue weighted by molar-refractivity contribution is 6.30. The number of fused-ring (bicyclic) bond motifs is 2. The molecule has 0 bridgehead atoms. The van der Waals surface area contributed by atoms with Crippen molar-refractivity contribution in [3.8, 4) is 0 Å². The van der Waals surface area contributed by atoms with Crippen LogP contribution in [0.4, 0.5) is 11.5 Å². The van der Waals surface area contributed by atoms with Crippen molar-refractivity contribution >= 4 is 44.9 Å². The van der Waals surface area contributed by atoms with E-state index in [1.165, 1.54) is 47.6 Å². The molecule has 36 heavy (non-hydrogen) atoms. The number of hydrogen-bond acceptors (Lipinski definition) is 4. The summed E-state index contributed by atoms with van der Waals surface area (Å²) >= 11 is 6.00. The van der Waals surface area contributed by atoms with Crippen molar-refractivity contribution in [3.05, 3.63) is 95.4 Å². The van der Waals surface area contributed by atoms with Gasteiger partial charge in [-0.05, 0) is 90.3 Å². The van der Waals surface area contributed by atoms with Crippen LogP contribution in [0.15, 0.2) is 79.3 Å². The molecule has 0 amide bonds. The number of halogens is 1. The molecule has 0 aliphatic heterocycles. The van der Waals surface area contributed by atoms with E-state index >= 15 is 0 Å². The van der Waals surface area contributed by atoms with Crippen molar-refractivity contribution in [2.45, 2.75) is 44.7 Å². The molecule has 2 atom stereocenters. The predicted octanol–water partition coefficient (Wildman–Crippen LogP) is 7.41. The number of nitrogens with two attached hydrogens (primary N) is 1. The molecule has 6 rings (SSSR count). The third-order valence-corrected chi connectivity index (χ3v) is 7.85. The number of aryl methyl sites for hydroxylation is 1. The second kappa shape index (κ2) is 9.82. The van der Waals surface area contributed by atoms with E-state index in [4.69, 9.17) is 17.3 Å². The maximum atomic E-state index is 6.03. The second-order valence-electron chi connectivity index (χ2n) is 9.97. The molecule has 6 heteroatoms. The largest absolute Gasteiger partial charge is 0.383 e. The molecule has 3 aromatic carbocycles. The Kier molecular flexibility index (Phi) is 6.24. The quantitative estimate of drug-likeness (QED) is 0.246. The Bertz CT molecular complexity index is 1510. The number of anilines is 2. The van der Waals surface area contributed by atoms with Crippen molar-refractivity contribution in [1.29, 1.82) is 0 Å². The van der Waals surface area contributed by atoms with Gasteiger partial charge in [0.25, 0.3) is 0 Å². The fourth-order valence-corrected chi connectivity index (χ4v) is 5.71. The standard InChI is InChI=1S/C30H30ClN5/c31-25-9-4-22(5-10-25)18-33-26-11-8-23-7-3-20(15-24(23)17-26)1-2-21-6-12-27(16-21)36-14-13-28-29(32)34-19-35-30(28)36/h3-5,7-11,13-15,17,19,21,27,33H,1-2,6,12,16,18H2,(H2,32,34,35)/t21-,27+/m1/s1. The summed E-state index contributed by atoms with van der Waals surface area (Å²) in [5.41, 5.74) is 10.8. The highest BCUT2D eigenvalue weighted by Crippen LogP contribution is 2.39. The number of nitrogens with zero attached hydrogens (tertiary/aromatic N) is 3. The van der Waals surface area contributed by atoms with Crippen LogP contribution < -0.4 is 11.1 Å². The van der Waals surface area contributed by atoms with Gasteiger partial charge in [-0.15, -0.1) is 0 Å². The number of nitrogens with one attached hydrogen (secondary N) is 1. The fourth-order valence-electron chi connectivity index (χ4n) is 5.59.